The summed E-state index contributed by atoms with van der Waals surface area (Å²) in [4.78, 5) is 30.2. The molecule has 0 bridgehead atoms. The maximum atomic E-state index is 13.0. The Morgan fingerprint density at radius 2 is 2.00 bits per heavy atom. The smallest absolute Gasteiger partial charge is 0.475 e. The number of benzene rings is 1. The molecule has 12 heteroatoms. The molecule has 33 heavy (non-hydrogen) atoms. The first-order valence-electron chi connectivity index (χ1n) is 9.89. The summed E-state index contributed by atoms with van der Waals surface area (Å²) in [5.41, 5.74) is 1.72. The van der Waals surface area contributed by atoms with E-state index in [2.05, 4.69) is 28.5 Å². The molecule has 1 atom stereocenters. The van der Waals surface area contributed by atoms with Gasteiger partial charge in [0.15, 0.2) is 5.76 Å². The van der Waals surface area contributed by atoms with Gasteiger partial charge in [-0.25, -0.2) is 9.78 Å². The third-order valence-corrected chi connectivity index (χ3v) is 5.29. The van der Waals surface area contributed by atoms with E-state index in [9.17, 15) is 18.0 Å². The molecule has 4 rings (SSSR count). The molecular weight excluding hydrogens is 465 g/mol. The Hall–Kier alpha value is -3.05. The molecule has 0 spiro atoms. The van der Waals surface area contributed by atoms with Crippen molar-refractivity contribution in [1.29, 1.82) is 0 Å². The van der Waals surface area contributed by atoms with Crippen LogP contribution < -0.4 is 0 Å². The van der Waals surface area contributed by atoms with Gasteiger partial charge >= 0.3 is 12.1 Å². The van der Waals surface area contributed by atoms with E-state index in [0.717, 1.165) is 24.0 Å². The maximum Gasteiger partial charge on any atom is 0.490 e. The van der Waals surface area contributed by atoms with Crippen molar-refractivity contribution in [2.75, 3.05) is 27.2 Å². The minimum Gasteiger partial charge on any atom is -0.475 e. The van der Waals surface area contributed by atoms with Gasteiger partial charge in [0.05, 0.1) is 24.6 Å². The number of carboxylic acid groups (broad SMARTS) is 1. The molecule has 0 saturated carbocycles. The Balaban J connectivity index is 0.000000383. The van der Waals surface area contributed by atoms with E-state index in [-0.39, 0.29) is 11.9 Å². The number of furan rings is 1. The van der Waals surface area contributed by atoms with Crippen molar-refractivity contribution in [3.8, 4) is 0 Å². The number of carboxylic acids is 1. The number of amides is 1. The molecule has 3 heterocycles. The third kappa shape index (κ3) is 6.05. The van der Waals surface area contributed by atoms with Crippen LogP contribution in [0, 0.1) is 0 Å². The van der Waals surface area contributed by atoms with Gasteiger partial charge in [0.25, 0.3) is 5.91 Å². The molecular formula is C21H22ClF3N4O4. The average molecular weight is 487 g/mol. The maximum absolute atomic E-state index is 13.0. The number of aromatic nitrogens is 2. The number of imidazole rings is 1. The predicted octanol–water partition coefficient (Wildman–Crippen LogP) is 4.06. The molecule has 1 aromatic carbocycles. The van der Waals surface area contributed by atoms with Gasteiger partial charge in [-0.15, -0.1) is 0 Å². The number of nitrogens with zero attached hydrogens (tertiary/aromatic N) is 4. The lowest BCUT2D eigenvalue weighted by atomic mass is 10.1. The lowest BCUT2D eigenvalue weighted by Crippen LogP contribution is -2.41. The molecule has 0 fully saturated rings. The van der Waals surface area contributed by atoms with Crippen LogP contribution in [0.5, 0.6) is 0 Å². The van der Waals surface area contributed by atoms with Gasteiger partial charge in [-0.1, -0.05) is 11.6 Å². The molecule has 8 nitrogen and oxygen atoms in total. The molecule has 1 N–H and O–H groups in total. The first kappa shape index (κ1) is 24.6. The van der Waals surface area contributed by atoms with Crippen molar-refractivity contribution in [2.45, 2.75) is 25.2 Å². The number of fused-ring (bicyclic) bond motifs is 2. The van der Waals surface area contributed by atoms with Gasteiger partial charge in [-0.2, -0.15) is 13.2 Å². The molecule has 1 amide bonds. The van der Waals surface area contributed by atoms with Gasteiger partial charge in [-0.3, -0.25) is 4.79 Å². The Morgan fingerprint density at radius 3 is 2.64 bits per heavy atom. The number of halogens is 4. The highest BCUT2D eigenvalue weighted by molar-refractivity contribution is 6.31. The molecule has 1 aliphatic rings. The Bertz CT molecular complexity index is 1140. The van der Waals surface area contributed by atoms with Crippen molar-refractivity contribution in [2.24, 2.45) is 0 Å². The SMILES string of the molecule is CN(C)CCC1CN(C(=O)c2cc3cc(Cl)ccc3o2)Cc2cncn21.O=C(O)C(F)(F)F. The minimum atomic E-state index is -5.08. The summed E-state index contributed by atoms with van der Waals surface area (Å²) in [6.45, 7) is 2.14. The van der Waals surface area contributed by atoms with Crippen LogP contribution in [-0.2, 0) is 11.3 Å². The lowest BCUT2D eigenvalue weighted by Gasteiger charge is -2.34. The number of hydrogen-bond acceptors (Lipinski definition) is 5. The second-order valence-corrected chi connectivity index (χ2v) is 8.26. The summed E-state index contributed by atoms with van der Waals surface area (Å²) in [5, 5.41) is 8.59. The van der Waals surface area contributed by atoms with E-state index in [1.54, 1.807) is 18.2 Å². The van der Waals surface area contributed by atoms with Crippen molar-refractivity contribution in [3.05, 3.63) is 53.3 Å². The highest BCUT2D eigenvalue weighted by Crippen LogP contribution is 2.28. The number of alkyl halides is 3. The standard InChI is InChI=1S/C19H21ClN4O2.C2HF3O2/c1-22(2)6-5-15-10-23(11-16-9-21-12-24(15)16)19(25)18-8-13-7-14(20)3-4-17(13)26-18;3-2(4,5)1(6)7/h3-4,7-9,12,15H,5-6,10-11H2,1-2H3;(H,6,7). The normalized spacial score (nSPS) is 15.8. The van der Waals surface area contributed by atoms with Crippen LogP contribution in [0.1, 0.15) is 28.7 Å². The van der Waals surface area contributed by atoms with Crippen LogP contribution in [0.25, 0.3) is 11.0 Å². The Morgan fingerprint density at radius 1 is 1.30 bits per heavy atom. The monoisotopic (exact) mass is 486 g/mol. The van der Waals surface area contributed by atoms with Crippen molar-refractivity contribution in [1.82, 2.24) is 19.4 Å². The van der Waals surface area contributed by atoms with E-state index in [4.69, 9.17) is 25.9 Å². The quantitative estimate of drug-likeness (QED) is 0.598. The summed E-state index contributed by atoms with van der Waals surface area (Å²) in [5.74, 6) is -2.51. The van der Waals surface area contributed by atoms with Crippen LogP contribution in [0.2, 0.25) is 5.02 Å². The second-order valence-electron chi connectivity index (χ2n) is 7.82. The van der Waals surface area contributed by atoms with Gasteiger partial charge in [0, 0.05) is 23.2 Å². The predicted molar refractivity (Wildman–Crippen MR) is 114 cm³/mol. The largest absolute Gasteiger partial charge is 0.490 e. The van der Waals surface area contributed by atoms with Crippen molar-refractivity contribution in [3.63, 3.8) is 0 Å². The van der Waals surface area contributed by atoms with Crippen LogP contribution in [0.15, 0.2) is 41.2 Å². The average Bonchev–Trinajstić information content (AvgIpc) is 3.37. The summed E-state index contributed by atoms with van der Waals surface area (Å²) < 4.78 is 39.7. The zero-order valence-corrected chi connectivity index (χ0v) is 18.6. The van der Waals surface area contributed by atoms with E-state index >= 15 is 0 Å². The number of hydrogen-bond donors (Lipinski definition) is 1. The summed E-state index contributed by atoms with van der Waals surface area (Å²) in [6.07, 6.45) is -0.433. The zero-order valence-electron chi connectivity index (χ0n) is 17.8. The summed E-state index contributed by atoms with van der Waals surface area (Å²) >= 11 is 6.03. The minimum absolute atomic E-state index is 0.0976. The Labute approximate surface area is 192 Å². The summed E-state index contributed by atoms with van der Waals surface area (Å²) in [7, 11) is 4.11. The van der Waals surface area contributed by atoms with Crippen molar-refractivity contribution >= 4 is 34.4 Å². The van der Waals surface area contributed by atoms with E-state index in [1.807, 2.05) is 23.5 Å². The fourth-order valence-electron chi connectivity index (χ4n) is 3.45. The second kappa shape index (κ2) is 9.84. The molecule has 3 aromatic rings. The van der Waals surface area contributed by atoms with Crippen LogP contribution in [0.4, 0.5) is 13.2 Å². The highest BCUT2D eigenvalue weighted by atomic mass is 35.5. The van der Waals surface area contributed by atoms with Crippen LogP contribution >= 0.6 is 11.6 Å². The van der Waals surface area contributed by atoms with Gasteiger partial charge < -0.3 is 23.9 Å². The van der Waals surface area contributed by atoms with Crippen molar-refractivity contribution < 1.29 is 32.3 Å². The van der Waals surface area contributed by atoms with E-state index < -0.39 is 12.1 Å². The van der Waals surface area contributed by atoms with Gasteiger partial charge in [-0.05, 0) is 51.3 Å². The molecule has 2 aromatic heterocycles. The molecule has 178 valence electrons. The van der Waals surface area contributed by atoms with E-state index in [1.165, 1.54) is 0 Å². The van der Waals surface area contributed by atoms with E-state index in [0.29, 0.717) is 29.5 Å². The fraction of sp³-hybridized carbons (Fsp3) is 0.381. The molecule has 0 saturated heterocycles. The van der Waals surface area contributed by atoms with Crippen LogP contribution in [-0.4, -0.2) is 69.7 Å². The third-order valence-electron chi connectivity index (χ3n) is 5.05. The molecule has 0 radical (unpaired) electrons. The number of rotatable bonds is 4. The number of aliphatic carboxylic acids is 1. The van der Waals surface area contributed by atoms with Gasteiger partial charge in [0.1, 0.15) is 5.58 Å². The molecule has 0 aliphatic carbocycles. The van der Waals surface area contributed by atoms with Crippen LogP contribution in [0.3, 0.4) is 0 Å². The topological polar surface area (TPSA) is 91.8 Å². The molecule has 1 unspecified atom stereocenters. The van der Waals surface area contributed by atoms with Gasteiger partial charge in [0.2, 0.25) is 0 Å². The highest BCUT2D eigenvalue weighted by Gasteiger charge is 2.38. The first-order chi connectivity index (χ1) is 15.5. The lowest BCUT2D eigenvalue weighted by molar-refractivity contribution is -0.192. The zero-order chi connectivity index (χ0) is 24.3. The fourth-order valence-corrected chi connectivity index (χ4v) is 3.63. The summed E-state index contributed by atoms with van der Waals surface area (Å²) in [6, 6.07) is 7.34. The first-order valence-corrected chi connectivity index (χ1v) is 10.3. The Kier molecular flexibility index (Phi) is 7.33. The molecule has 1 aliphatic heterocycles. The number of carbonyl (C=O) groups excluding carboxylic acids is 1. The number of carbonyl (C=O) groups is 2.